The van der Waals surface area contributed by atoms with E-state index in [1.807, 2.05) is 0 Å². The second-order valence-corrected chi connectivity index (χ2v) is 2.15. The van der Waals surface area contributed by atoms with E-state index in [9.17, 15) is 19.8 Å². The summed E-state index contributed by atoms with van der Waals surface area (Å²) < 4.78 is 0. The molecule has 1 aromatic rings. The molecule has 0 heterocycles. The summed E-state index contributed by atoms with van der Waals surface area (Å²) in [6.45, 7) is 0. The average Bonchev–Trinajstić information content (AvgIpc) is 2.04. The smallest absolute Gasteiger partial charge is 0.545 e. The minimum Gasteiger partial charge on any atom is -0.545 e. The molecule has 0 spiro atoms. The zero-order valence-corrected chi connectivity index (χ0v) is 11.1. The average molecular weight is 301 g/mol. The van der Waals surface area contributed by atoms with E-state index in [1.54, 1.807) is 0 Å². The van der Waals surface area contributed by atoms with Crippen molar-refractivity contribution in [1.29, 1.82) is 0 Å². The first-order valence-corrected chi connectivity index (χ1v) is 3.14. The molecule has 0 aliphatic carbocycles. The molecule has 62 valence electrons. The molecule has 0 N–H and O–H groups in total. The van der Waals surface area contributed by atoms with Crippen LogP contribution in [-0.2, 0) is 0 Å². The topological polar surface area (TPSA) is 80.3 Å². The summed E-state index contributed by atoms with van der Waals surface area (Å²) in [6.07, 6.45) is 0. The molecule has 0 fully saturated rings. The Balaban J connectivity index is 0.00000144. The van der Waals surface area contributed by atoms with Gasteiger partial charge in [0.2, 0.25) is 0 Å². The molecule has 0 unspecified atom stereocenters. The zero-order chi connectivity index (χ0) is 9.14. The van der Waals surface area contributed by atoms with Gasteiger partial charge in [0.1, 0.15) is 0 Å². The van der Waals surface area contributed by atoms with Gasteiger partial charge in [-0.2, -0.15) is 0 Å². The zero-order valence-electron chi connectivity index (χ0n) is 6.65. The molecule has 5 heteroatoms. The number of carboxylic acids is 2. The first-order chi connectivity index (χ1) is 5.61. The van der Waals surface area contributed by atoms with Crippen molar-refractivity contribution in [2.45, 2.75) is 0 Å². The second-order valence-electron chi connectivity index (χ2n) is 2.15. The van der Waals surface area contributed by atoms with E-state index in [0.29, 0.717) is 0 Å². The van der Waals surface area contributed by atoms with Crippen molar-refractivity contribution in [3.8, 4) is 0 Å². The van der Waals surface area contributed by atoms with Crippen LogP contribution in [0.2, 0.25) is 0 Å². The monoisotopic (exact) mass is 302 g/mol. The Bertz CT molecular complexity index is 284. The fraction of sp³-hybridized carbons (Fsp3) is 0. The van der Waals surface area contributed by atoms with Gasteiger partial charge >= 0.3 is 48.9 Å². The van der Waals surface area contributed by atoms with E-state index in [1.165, 1.54) is 0 Å². The summed E-state index contributed by atoms with van der Waals surface area (Å²) in [6, 6.07) is 4.61. The van der Waals surface area contributed by atoms with Crippen LogP contribution in [0.4, 0.5) is 0 Å². The standard InChI is InChI=1S/C8H6O4.Ba/c9-7(10)5-1-2-6(4-3-5)8(11)12;/h1-4H,(H,9,10)(H,11,12);/q;+2/p-2. The van der Waals surface area contributed by atoms with Crippen LogP contribution in [0.5, 0.6) is 0 Å². The van der Waals surface area contributed by atoms with E-state index in [0.717, 1.165) is 24.3 Å². The number of rotatable bonds is 2. The number of carboxylic acid groups (broad SMARTS) is 2. The number of carbonyl (C=O) groups is 2. The van der Waals surface area contributed by atoms with Crippen LogP contribution in [0.15, 0.2) is 24.3 Å². The largest absolute Gasteiger partial charge is 2.00 e. The van der Waals surface area contributed by atoms with Crippen molar-refractivity contribution < 1.29 is 19.8 Å². The van der Waals surface area contributed by atoms with Crippen molar-refractivity contribution in [2.75, 3.05) is 0 Å². The molecule has 0 radical (unpaired) electrons. The molecular weight excluding hydrogens is 297 g/mol. The third-order valence-corrected chi connectivity index (χ3v) is 1.36. The quantitative estimate of drug-likeness (QED) is 0.594. The van der Waals surface area contributed by atoms with Crippen LogP contribution in [0.3, 0.4) is 0 Å². The maximum atomic E-state index is 10.2. The molecule has 0 bridgehead atoms. The van der Waals surface area contributed by atoms with E-state index in [4.69, 9.17) is 0 Å². The minimum absolute atomic E-state index is 0. The first-order valence-electron chi connectivity index (χ1n) is 3.14. The summed E-state index contributed by atoms with van der Waals surface area (Å²) in [7, 11) is 0. The maximum Gasteiger partial charge on any atom is 2.00 e. The summed E-state index contributed by atoms with van der Waals surface area (Å²) in [4.78, 5) is 20.4. The molecule has 0 saturated carbocycles. The Hall–Kier alpha value is -0.269. The fourth-order valence-corrected chi connectivity index (χ4v) is 0.742. The number of carbonyl (C=O) groups excluding carboxylic acids is 2. The molecule has 4 nitrogen and oxygen atoms in total. The van der Waals surface area contributed by atoms with Crippen molar-refractivity contribution in [1.82, 2.24) is 0 Å². The van der Waals surface area contributed by atoms with Gasteiger partial charge in [0, 0.05) is 0 Å². The molecule has 0 amide bonds. The maximum absolute atomic E-state index is 10.2. The fourth-order valence-electron chi connectivity index (χ4n) is 0.742. The van der Waals surface area contributed by atoms with Crippen LogP contribution in [0.25, 0.3) is 0 Å². The van der Waals surface area contributed by atoms with Crippen molar-refractivity contribution in [3.63, 3.8) is 0 Å². The Labute approximate surface area is 115 Å². The van der Waals surface area contributed by atoms with Crippen LogP contribution >= 0.6 is 0 Å². The van der Waals surface area contributed by atoms with Gasteiger partial charge in [-0.05, 0) is 11.1 Å². The SMILES string of the molecule is O=C([O-])c1ccc(C(=O)[O-])cc1.[Ba+2]. The van der Waals surface area contributed by atoms with Crippen LogP contribution in [-0.4, -0.2) is 60.8 Å². The van der Waals surface area contributed by atoms with E-state index in [-0.39, 0.29) is 60.0 Å². The Morgan fingerprint density at radius 2 is 1.08 bits per heavy atom. The van der Waals surface area contributed by atoms with E-state index < -0.39 is 11.9 Å². The van der Waals surface area contributed by atoms with Gasteiger partial charge in [0.25, 0.3) is 0 Å². The van der Waals surface area contributed by atoms with Crippen LogP contribution in [0.1, 0.15) is 20.7 Å². The van der Waals surface area contributed by atoms with Gasteiger partial charge in [-0.25, -0.2) is 0 Å². The van der Waals surface area contributed by atoms with Crippen molar-refractivity contribution in [2.24, 2.45) is 0 Å². The van der Waals surface area contributed by atoms with Crippen LogP contribution < -0.4 is 10.2 Å². The predicted molar refractivity (Wildman–Crippen MR) is 40.9 cm³/mol. The van der Waals surface area contributed by atoms with Crippen molar-refractivity contribution in [3.05, 3.63) is 35.4 Å². The molecule has 13 heavy (non-hydrogen) atoms. The minimum atomic E-state index is -1.33. The molecule has 0 aliphatic heterocycles. The number of benzene rings is 1. The Morgan fingerprint density at radius 3 is 1.23 bits per heavy atom. The van der Waals surface area contributed by atoms with Crippen molar-refractivity contribution >= 4 is 60.8 Å². The molecule has 0 aromatic heterocycles. The molecule has 0 saturated heterocycles. The molecule has 1 rings (SSSR count). The van der Waals surface area contributed by atoms with E-state index in [2.05, 4.69) is 0 Å². The molecular formula is C8H4BaO4. The molecule has 1 aromatic carbocycles. The first kappa shape index (κ1) is 12.7. The number of hydrogen-bond donors (Lipinski definition) is 0. The van der Waals surface area contributed by atoms with Gasteiger partial charge < -0.3 is 19.8 Å². The summed E-state index contributed by atoms with van der Waals surface area (Å²) in [5.74, 6) is -2.67. The molecule has 0 aliphatic rings. The van der Waals surface area contributed by atoms with Crippen LogP contribution in [0, 0.1) is 0 Å². The van der Waals surface area contributed by atoms with E-state index >= 15 is 0 Å². The summed E-state index contributed by atoms with van der Waals surface area (Å²) in [5.41, 5.74) is -0.111. The summed E-state index contributed by atoms with van der Waals surface area (Å²) >= 11 is 0. The van der Waals surface area contributed by atoms with Gasteiger partial charge in [0.05, 0.1) is 11.9 Å². The summed E-state index contributed by atoms with van der Waals surface area (Å²) in [5, 5.41) is 20.4. The number of aromatic carboxylic acids is 2. The Kier molecular flexibility index (Phi) is 5.35. The third-order valence-electron chi connectivity index (χ3n) is 1.36. The second kappa shape index (κ2) is 5.46. The van der Waals surface area contributed by atoms with Gasteiger partial charge in [-0.15, -0.1) is 0 Å². The third kappa shape index (κ3) is 3.53. The van der Waals surface area contributed by atoms with Gasteiger partial charge in [-0.1, -0.05) is 24.3 Å². The Morgan fingerprint density at radius 1 is 0.846 bits per heavy atom. The van der Waals surface area contributed by atoms with Gasteiger partial charge in [0.15, 0.2) is 0 Å². The molecule has 0 atom stereocenters. The number of hydrogen-bond acceptors (Lipinski definition) is 4. The van der Waals surface area contributed by atoms with Gasteiger partial charge in [-0.3, -0.25) is 0 Å². The predicted octanol–water partition coefficient (Wildman–Crippen LogP) is -1.97. The normalized spacial score (nSPS) is 8.62.